The molecule has 146 valence electrons. The molecule has 2 heterocycles. The van der Waals surface area contributed by atoms with E-state index in [0.717, 1.165) is 38.9 Å². The maximum absolute atomic E-state index is 10.9. The third-order valence-corrected chi connectivity index (χ3v) is 7.33. The number of fused-ring (bicyclic) bond motifs is 5. The number of hydrogen-bond acceptors (Lipinski definition) is 2. The number of piperidine rings is 1. The molecular weight excluding hydrogens is 356 g/mol. The van der Waals surface area contributed by atoms with Gasteiger partial charge in [-0.25, -0.2) is 0 Å². The first-order valence-electron chi connectivity index (χ1n) is 10.7. The van der Waals surface area contributed by atoms with Crippen LogP contribution in [-0.2, 0) is 18.4 Å². The van der Waals surface area contributed by atoms with E-state index >= 15 is 0 Å². The fourth-order valence-electron chi connectivity index (χ4n) is 5.74. The third kappa shape index (κ3) is 2.65. The Hall–Kier alpha value is -2.62. The quantitative estimate of drug-likeness (QED) is 0.524. The highest BCUT2D eigenvalue weighted by Crippen LogP contribution is 2.46. The van der Waals surface area contributed by atoms with E-state index in [0.29, 0.717) is 0 Å². The molecule has 0 saturated carbocycles. The SMILES string of the molecule is O[C@@H]1Cc2ccccc2C12CCN(Cc1ccc3c(c1)[nH]c1ccccc13)CC2. The van der Waals surface area contributed by atoms with Gasteiger partial charge in [-0.1, -0.05) is 54.6 Å². The summed E-state index contributed by atoms with van der Waals surface area (Å²) in [5.74, 6) is 0. The maximum Gasteiger partial charge on any atom is 0.0678 e. The van der Waals surface area contributed by atoms with Crippen LogP contribution in [0.25, 0.3) is 21.8 Å². The normalized spacial score (nSPS) is 21.2. The fourth-order valence-corrected chi connectivity index (χ4v) is 5.74. The predicted molar refractivity (Wildman–Crippen MR) is 118 cm³/mol. The van der Waals surface area contributed by atoms with Gasteiger partial charge in [0.15, 0.2) is 0 Å². The van der Waals surface area contributed by atoms with Crippen LogP contribution < -0.4 is 0 Å². The van der Waals surface area contributed by atoms with Crippen LogP contribution in [0.4, 0.5) is 0 Å². The molecular formula is C26H26N2O. The fraction of sp³-hybridized carbons (Fsp3) is 0.308. The van der Waals surface area contributed by atoms with Crippen molar-refractivity contribution < 1.29 is 5.11 Å². The lowest BCUT2D eigenvalue weighted by Crippen LogP contribution is -2.47. The summed E-state index contributed by atoms with van der Waals surface area (Å²) in [5, 5.41) is 13.5. The average molecular weight is 383 g/mol. The second-order valence-electron chi connectivity index (χ2n) is 8.86. The number of aromatic amines is 1. The molecule has 3 heteroatoms. The Morgan fingerprint density at radius 2 is 1.66 bits per heavy atom. The van der Waals surface area contributed by atoms with Crippen molar-refractivity contribution in [1.82, 2.24) is 9.88 Å². The van der Waals surface area contributed by atoms with Crippen LogP contribution in [0, 0.1) is 0 Å². The third-order valence-electron chi connectivity index (χ3n) is 7.33. The Morgan fingerprint density at radius 1 is 0.897 bits per heavy atom. The van der Waals surface area contributed by atoms with Gasteiger partial charge in [-0.05, 0) is 61.2 Å². The summed E-state index contributed by atoms with van der Waals surface area (Å²) in [6, 6.07) is 24.0. The lowest BCUT2D eigenvalue weighted by Gasteiger charge is -2.42. The number of rotatable bonds is 2. The first kappa shape index (κ1) is 17.3. The smallest absolute Gasteiger partial charge is 0.0678 e. The lowest BCUT2D eigenvalue weighted by atomic mass is 9.72. The van der Waals surface area contributed by atoms with Gasteiger partial charge >= 0.3 is 0 Å². The maximum atomic E-state index is 10.9. The number of likely N-dealkylation sites (tertiary alicyclic amines) is 1. The molecule has 0 amide bonds. The zero-order valence-electron chi connectivity index (χ0n) is 16.6. The Kier molecular flexibility index (Phi) is 3.84. The van der Waals surface area contributed by atoms with Crippen LogP contribution in [0.5, 0.6) is 0 Å². The van der Waals surface area contributed by atoms with E-state index < -0.39 is 0 Å². The molecule has 4 aromatic rings. The minimum atomic E-state index is -0.232. The van der Waals surface area contributed by atoms with Gasteiger partial charge in [0.05, 0.1) is 6.10 Å². The average Bonchev–Trinajstić information content (AvgIpc) is 3.25. The minimum Gasteiger partial charge on any atom is -0.392 e. The lowest BCUT2D eigenvalue weighted by molar-refractivity contribution is 0.0414. The zero-order chi connectivity index (χ0) is 19.4. The van der Waals surface area contributed by atoms with Gasteiger partial charge < -0.3 is 10.1 Å². The van der Waals surface area contributed by atoms with E-state index in [1.165, 1.54) is 38.5 Å². The van der Waals surface area contributed by atoms with Crippen molar-refractivity contribution >= 4 is 21.8 Å². The summed E-state index contributed by atoms with van der Waals surface area (Å²) in [6.07, 6.45) is 2.66. The number of aromatic nitrogens is 1. The molecule has 1 aromatic heterocycles. The van der Waals surface area contributed by atoms with Gasteiger partial charge in [-0.2, -0.15) is 0 Å². The Bertz CT molecular complexity index is 1200. The van der Waals surface area contributed by atoms with Crippen LogP contribution in [0.15, 0.2) is 66.7 Å². The number of aliphatic hydroxyl groups is 1. The van der Waals surface area contributed by atoms with E-state index in [2.05, 4.69) is 76.6 Å². The van der Waals surface area contributed by atoms with Gasteiger partial charge in [0.25, 0.3) is 0 Å². The molecule has 2 N–H and O–H groups in total. The first-order chi connectivity index (χ1) is 14.2. The van der Waals surface area contributed by atoms with Crippen molar-refractivity contribution in [2.24, 2.45) is 0 Å². The molecule has 1 atom stereocenters. The van der Waals surface area contributed by atoms with Gasteiger partial charge in [0.1, 0.15) is 0 Å². The largest absolute Gasteiger partial charge is 0.392 e. The van der Waals surface area contributed by atoms with Crippen molar-refractivity contribution in [2.75, 3.05) is 13.1 Å². The van der Waals surface area contributed by atoms with Crippen molar-refractivity contribution in [3.63, 3.8) is 0 Å². The van der Waals surface area contributed by atoms with Crippen LogP contribution in [0.1, 0.15) is 29.5 Å². The number of benzene rings is 3. The Labute approximate surface area is 171 Å². The number of nitrogens with zero attached hydrogens (tertiary/aromatic N) is 1. The van der Waals surface area contributed by atoms with Gasteiger partial charge in [0, 0.05) is 33.8 Å². The van der Waals surface area contributed by atoms with Crippen molar-refractivity contribution in [3.05, 3.63) is 83.4 Å². The highest BCUT2D eigenvalue weighted by atomic mass is 16.3. The molecule has 1 saturated heterocycles. The topological polar surface area (TPSA) is 39.3 Å². The van der Waals surface area contributed by atoms with E-state index in [1.54, 1.807) is 0 Å². The number of para-hydroxylation sites is 1. The number of aliphatic hydroxyl groups excluding tert-OH is 1. The summed E-state index contributed by atoms with van der Waals surface area (Å²) < 4.78 is 0. The van der Waals surface area contributed by atoms with Crippen LogP contribution in [0.2, 0.25) is 0 Å². The van der Waals surface area contributed by atoms with Crippen molar-refractivity contribution in [1.29, 1.82) is 0 Å². The molecule has 3 nitrogen and oxygen atoms in total. The molecule has 0 radical (unpaired) electrons. The Balaban J connectivity index is 1.22. The summed E-state index contributed by atoms with van der Waals surface area (Å²) in [4.78, 5) is 6.10. The summed E-state index contributed by atoms with van der Waals surface area (Å²) in [7, 11) is 0. The molecule has 3 aromatic carbocycles. The van der Waals surface area contributed by atoms with Crippen LogP contribution >= 0.6 is 0 Å². The highest BCUT2D eigenvalue weighted by Gasteiger charge is 2.47. The molecule has 2 aliphatic rings. The van der Waals surface area contributed by atoms with Crippen molar-refractivity contribution in [2.45, 2.75) is 37.3 Å². The van der Waals surface area contributed by atoms with Gasteiger partial charge in [-0.3, -0.25) is 4.90 Å². The number of hydrogen-bond donors (Lipinski definition) is 2. The van der Waals surface area contributed by atoms with Crippen molar-refractivity contribution in [3.8, 4) is 0 Å². The molecule has 1 spiro atoms. The summed E-state index contributed by atoms with van der Waals surface area (Å²) in [5.41, 5.74) is 6.48. The summed E-state index contributed by atoms with van der Waals surface area (Å²) in [6.45, 7) is 3.05. The monoisotopic (exact) mass is 382 g/mol. The Morgan fingerprint density at radius 3 is 2.55 bits per heavy atom. The molecule has 1 aliphatic heterocycles. The number of nitrogens with one attached hydrogen (secondary N) is 1. The van der Waals surface area contributed by atoms with E-state index in [-0.39, 0.29) is 11.5 Å². The predicted octanol–water partition coefficient (Wildman–Crippen LogP) is 4.77. The van der Waals surface area contributed by atoms with Crippen LogP contribution in [0.3, 0.4) is 0 Å². The molecule has 29 heavy (non-hydrogen) atoms. The van der Waals surface area contributed by atoms with Crippen LogP contribution in [-0.4, -0.2) is 34.2 Å². The van der Waals surface area contributed by atoms with E-state index in [1.807, 2.05) is 0 Å². The first-order valence-corrected chi connectivity index (χ1v) is 10.7. The molecule has 0 bridgehead atoms. The second-order valence-corrected chi connectivity index (χ2v) is 8.86. The standard InChI is InChI=1S/C26H26N2O/c29-25-16-19-5-1-3-7-22(19)26(25)11-13-28(14-12-26)17-18-9-10-21-20-6-2-4-8-23(20)27-24(21)15-18/h1-10,15,25,27,29H,11-14,16-17H2/t25-/m1/s1. The van der Waals surface area contributed by atoms with E-state index in [4.69, 9.17) is 0 Å². The molecule has 1 fully saturated rings. The highest BCUT2D eigenvalue weighted by molar-refractivity contribution is 6.07. The van der Waals surface area contributed by atoms with Gasteiger partial charge in [0.2, 0.25) is 0 Å². The second kappa shape index (κ2) is 6.45. The molecule has 6 rings (SSSR count). The van der Waals surface area contributed by atoms with E-state index in [9.17, 15) is 5.11 Å². The zero-order valence-corrected chi connectivity index (χ0v) is 16.6. The van der Waals surface area contributed by atoms with Gasteiger partial charge in [-0.15, -0.1) is 0 Å². The summed E-state index contributed by atoms with van der Waals surface area (Å²) >= 11 is 0. The molecule has 1 aliphatic carbocycles. The number of H-pyrrole nitrogens is 1. The minimum absolute atomic E-state index is 0.0335. The molecule has 0 unspecified atom stereocenters.